The van der Waals surface area contributed by atoms with E-state index in [9.17, 15) is 23.2 Å². The van der Waals surface area contributed by atoms with Gasteiger partial charge in [0.2, 0.25) is 0 Å². The zero-order valence-corrected chi connectivity index (χ0v) is 20.6. The fraction of sp³-hybridized carbons (Fsp3) is 0.185. The number of nitrogens with one attached hydrogen (secondary N) is 2. The second-order valence-electron chi connectivity index (χ2n) is 8.68. The van der Waals surface area contributed by atoms with Crippen LogP contribution < -0.4 is 5.32 Å². The number of carbonyl (C=O) groups excluding carboxylic acids is 3. The van der Waals surface area contributed by atoms with Crippen LogP contribution in [0.5, 0.6) is 0 Å². The van der Waals surface area contributed by atoms with E-state index >= 15 is 0 Å². The number of benzene rings is 2. The number of aryl methyl sites for hydroxylation is 1. The molecule has 3 heterocycles. The molecule has 0 aliphatic carbocycles. The summed E-state index contributed by atoms with van der Waals surface area (Å²) >= 11 is 1.34. The lowest BCUT2D eigenvalue weighted by molar-refractivity contribution is 0.0629. The van der Waals surface area contributed by atoms with Crippen LogP contribution in [0.1, 0.15) is 47.8 Å². The van der Waals surface area contributed by atoms with E-state index in [0.717, 1.165) is 33.0 Å². The third-order valence-corrected chi connectivity index (χ3v) is 7.52. The number of aromatic amines is 1. The van der Waals surface area contributed by atoms with E-state index in [4.69, 9.17) is 0 Å². The van der Waals surface area contributed by atoms with Crippen molar-refractivity contribution in [2.75, 3.05) is 6.54 Å². The number of hydrogen-bond acceptors (Lipinski definition) is 5. The van der Waals surface area contributed by atoms with Crippen LogP contribution >= 0.6 is 11.3 Å². The molecule has 2 N–H and O–H groups in total. The molecule has 4 aromatic rings. The van der Waals surface area contributed by atoms with Crippen molar-refractivity contribution in [3.05, 3.63) is 99.0 Å². The van der Waals surface area contributed by atoms with Crippen molar-refractivity contribution >= 4 is 29.1 Å². The molecule has 188 valence electrons. The third-order valence-electron chi connectivity index (χ3n) is 6.25. The lowest BCUT2D eigenvalue weighted by Gasteiger charge is -2.24. The highest BCUT2D eigenvalue weighted by atomic mass is 32.1. The van der Waals surface area contributed by atoms with E-state index in [2.05, 4.69) is 15.5 Å². The van der Waals surface area contributed by atoms with Gasteiger partial charge < -0.3 is 5.32 Å². The van der Waals surface area contributed by atoms with Crippen LogP contribution in [0.15, 0.2) is 60.9 Å². The van der Waals surface area contributed by atoms with E-state index in [0.29, 0.717) is 28.0 Å². The van der Waals surface area contributed by atoms with E-state index < -0.39 is 35.4 Å². The minimum Gasteiger partial charge on any atom is -0.346 e. The number of amides is 3. The van der Waals surface area contributed by atoms with Gasteiger partial charge in [-0.2, -0.15) is 5.10 Å². The Morgan fingerprint density at radius 3 is 2.41 bits per heavy atom. The molecular formula is C27H22F2N4O3S. The Balaban J connectivity index is 1.42. The molecule has 0 fully saturated rings. The Morgan fingerprint density at radius 2 is 1.78 bits per heavy atom. The molecule has 0 spiro atoms. The largest absolute Gasteiger partial charge is 0.346 e. The van der Waals surface area contributed by atoms with Gasteiger partial charge in [-0.1, -0.05) is 25.1 Å². The molecule has 5 rings (SSSR count). The highest BCUT2D eigenvalue weighted by Gasteiger charge is 2.37. The monoisotopic (exact) mass is 520 g/mol. The minimum atomic E-state index is -1.01. The second kappa shape index (κ2) is 10.1. The number of imide groups is 1. The van der Waals surface area contributed by atoms with Crippen LogP contribution in [0.3, 0.4) is 0 Å². The Kier molecular flexibility index (Phi) is 6.66. The first-order chi connectivity index (χ1) is 17.9. The Morgan fingerprint density at radius 1 is 1.05 bits per heavy atom. The lowest BCUT2D eigenvalue weighted by atomic mass is 10.0. The quantitative estimate of drug-likeness (QED) is 0.332. The number of carbonyl (C=O) groups is 3. The second-order valence-corrected chi connectivity index (χ2v) is 9.81. The molecular weight excluding hydrogens is 498 g/mol. The van der Waals surface area contributed by atoms with Gasteiger partial charge >= 0.3 is 0 Å². The summed E-state index contributed by atoms with van der Waals surface area (Å²) in [6.45, 7) is 1.86. The normalized spacial score (nSPS) is 13.6. The van der Waals surface area contributed by atoms with Gasteiger partial charge in [-0.15, -0.1) is 11.3 Å². The van der Waals surface area contributed by atoms with Crippen molar-refractivity contribution in [1.29, 1.82) is 0 Å². The summed E-state index contributed by atoms with van der Waals surface area (Å²) < 4.78 is 27.4. The molecule has 10 heteroatoms. The van der Waals surface area contributed by atoms with E-state index in [1.165, 1.54) is 17.4 Å². The van der Waals surface area contributed by atoms with Crippen molar-refractivity contribution in [3.8, 4) is 11.1 Å². The van der Waals surface area contributed by atoms with Crippen molar-refractivity contribution in [3.63, 3.8) is 0 Å². The molecule has 1 aliphatic rings. The average molecular weight is 521 g/mol. The molecule has 0 saturated carbocycles. The summed E-state index contributed by atoms with van der Waals surface area (Å²) in [5.74, 6) is -3.31. The Hall–Kier alpha value is -4.18. The van der Waals surface area contributed by atoms with E-state index in [-0.39, 0.29) is 13.0 Å². The molecule has 0 saturated heterocycles. The van der Waals surface area contributed by atoms with Crippen molar-refractivity contribution in [1.82, 2.24) is 20.4 Å². The van der Waals surface area contributed by atoms with Crippen molar-refractivity contribution in [2.24, 2.45) is 0 Å². The van der Waals surface area contributed by atoms with Crippen LogP contribution in [0.2, 0.25) is 0 Å². The molecule has 1 atom stereocenters. The summed E-state index contributed by atoms with van der Waals surface area (Å²) in [6, 6.07) is 11.0. The zero-order valence-electron chi connectivity index (χ0n) is 19.8. The van der Waals surface area contributed by atoms with Crippen molar-refractivity contribution < 1.29 is 23.2 Å². The average Bonchev–Trinajstić information content (AvgIpc) is 3.62. The predicted molar refractivity (Wildman–Crippen MR) is 134 cm³/mol. The van der Waals surface area contributed by atoms with Gasteiger partial charge in [-0.05, 0) is 54.3 Å². The van der Waals surface area contributed by atoms with E-state index in [1.807, 2.05) is 6.92 Å². The van der Waals surface area contributed by atoms with Crippen LogP contribution in [0.25, 0.3) is 11.1 Å². The third kappa shape index (κ3) is 4.79. The summed E-state index contributed by atoms with van der Waals surface area (Å²) in [5, 5.41) is 9.65. The number of aromatic nitrogens is 2. The molecule has 7 nitrogen and oxygen atoms in total. The maximum atomic E-state index is 13.9. The molecule has 0 radical (unpaired) electrons. The number of nitrogens with zero attached hydrogens (tertiary/aromatic N) is 2. The fourth-order valence-electron chi connectivity index (χ4n) is 4.44. The fourth-order valence-corrected chi connectivity index (χ4v) is 5.46. The van der Waals surface area contributed by atoms with Gasteiger partial charge in [-0.3, -0.25) is 24.4 Å². The number of fused-ring (bicyclic) bond motifs is 1. The SMILES string of the molecule is CCc1sc(C(=O)NC(Cc2ccc(F)c(F)c2)CN2C(=O)c3ccccc3C2=O)cc1-c1cn[nH]c1. The van der Waals surface area contributed by atoms with Crippen LogP contribution in [0.4, 0.5) is 8.78 Å². The number of halogens is 2. The summed E-state index contributed by atoms with van der Waals surface area (Å²) in [6.07, 6.45) is 4.22. The lowest BCUT2D eigenvalue weighted by Crippen LogP contribution is -2.46. The van der Waals surface area contributed by atoms with E-state index in [1.54, 1.807) is 42.7 Å². The first-order valence-corrected chi connectivity index (χ1v) is 12.5. The minimum absolute atomic E-state index is 0.0803. The molecule has 1 aliphatic heterocycles. The maximum Gasteiger partial charge on any atom is 0.261 e. The molecule has 1 unspecified atom stereocenters. The standard InChI is InChI=1S/C27H22F2N4O3S/c1-2-23-20(16-12-30-31-13-16)11-24(37-23)25(34)32-17(9-15-7-8-21(28)22(29)10-15)14-33-26(35)18-5-3-4-6-19(18)27(33)36/h3-8,10-13,17H,2,9,14H2,1H3,(H,30,31)(H,32,34). The number of hydrogen-bond donors (Lipinski definition) is 2. The predicted octanol–water partition coefficient (Wildman–Crippen LogP) is 4.62. The maximum absolute atomic E-state index is 13.9. The van der Waals surface area contributed by atoms with Gasteiger partial charge in [0.05, 0.1) is 28.2 Å². The smallest absolute Gasteiger partial charge is 0.261 e. The molecule has 2 aromatic carbocycles. The van der Waals surface area contributed by atoms with Gasteiger partial charge in [0.25, 0.3) is 17.7 Å². The van der Waals surface area contributed by atoms with Crippen LogP contribution in [-0.2, 0) is 12.8 Å². The highest BCUT2D eigenvalue weighted by Crippen LogP contribution is 2.32. The van der Waals surface area contributed by atoms with Gasteiger partial charge in [0.15, 0.2) is 11.6 Å². The topological polar surface area (TPSA) is 95.2 Å². The zero-order chi connectivity index (χ0) is 26.1. The molecule has 37 heavy (non-hydrogen) atoms. The molecule has 0 bridgehead atoms. The van der Waals surface area contributed by atoms with Gasteiger partial charge in [0.1, 0.15) is 0 Å². The van der Waals surface area contributed by atoms with Crippen molar-refractivity contribution in [2.45, 2.75) is 25.8 Å². The first-order valence-electron chi connectivity index (χ1n) is 11.7. The Labute approximate surface area is 215 Å². The van der Waals surface area contributed by atoms with Gasteiger partial charge in [0, 0.05) is 23.2 Å². The first kappa shape index (κ1) is 24.5. The number of thiophene rings is 1. The summed E-state index contributed by atoms with van der Waals surface area (Å²) in [4.78, 5) is 41.7. The van der Waals surface area contributed by atoms with Crippen LogP contribution in [-0.4, -0.2) is 45.4 Å². The number of rotatable bonds is 8. The molecule has 2 aromatic heterocycles. The summed E-state index contributed by atoms with van der Waals surface area (Å²) in [7, 11) is 0. The highest BCUT2D eigenvalue weighted by molar-refractivity contribution is 7.14. The number of H-pyrrole nitrogens is 1. The molecule has 3 amide bonds. The summed E-state index contributed by atoms with van der Waals surface area (Å²) in [5.41, 5.74) is 2.75. The van der Waals surface area contributed by atoms with Crippen LogP contribution in [0, 0.1) is 11.6 Å². The van der Waals surface area contributed by atoms with Gasteiger partial charge in [-0.25, -0.2) is 8.78 Å². The Bertz CT molecular complexity index is 1460.